The van der Waals surface area contributed by atoms with Gasteiger partial charge in [-0.25, -0.2) is 29.9 Å². The quantitative estimate of drug-likeness (QED) is 0.134. The number of aromatic nitrogens is 6. The Kier molecular flexibility index (Phi) is 9.21. The van der Waals surface area contributed by atoms with E-state index in [-0.39, 0.29) is 0 Å². The lowest BCUT2D eigenvalue weighted by Crippen LogP contribution is -2.03. The van der Waals surface area contributed by atoms with E-state index in [1.165, 1.54) is 25.7 Å². The van der Waals surface area contributed by atoms with Crippen molar-refractivity contribution in [1.29, 1.82) is 0 Å². The summed E-state index contributed by atoms with van der Waals surface area (Å²) >= 11 is 0. The van der Waals surface area contributed by atoms with Gasteiger partial charge >= 0.3 is 0 Å². The predicted molar refractivity (Wildman–Crippen MR) is 180 cm³/mol. The second-order valence-electron chi connectivity index (χ2n) is 10.9. The van der Waals surface area contributed by atoms with Gasteiger partial charge in [0.1, 0.15) is 5.69 Å². The van der Waals surface area contributed by atoms with Crippen LogP contribution < -0.4 is 4.74 Å². The molecule has 0 unspecified atom stereocenters. The molecule has 7 nitrogen and oxygen atoms in total. The number of unbranched alkanes of at least 4 members (excludes halogenated alkanes) is 5. The highest BCUT2D eigenvalue weighted by Gasteiger charge is 2.11. The number of aryl methyl sites for hydroxylation is 1. The van der Waals surface area contributed by atoms with Crippen molar-refractivity contribution in [2.45, 2.75) is 52.4 Å². The molecule has 6 aromatic rings. The molecule has 0 spiro atoms. The number of nitrogens with zero attached hydrogens (tertiary/aromatic N) is 6. The van der Waals surface area contributed by atoms with Gasteiger partial charge in [-0.1, -0.05) is 75.4 Å². The first-order chi connectivity index (χ1) is 21.7. The molecule has 3 aromatic heterocycles. The van der Waals surface area contributed by atoms with Gasteiger partial charge in [-0.2, -0.15) is 0 Å². The average Bonchev–Trinajstić information content (AvgIpc) is 3.05. The largest absolute Gasteiger partial charge is 0.476 e. The standard InChI is InChI=1S/C37H36N6O/c1-3-4-5-6-7-14-25-44-37-36(42-32-19-12-13-20-33(32)43-37)24-23-35-34(40-30-17-10-11-18-31(30)41-35)22-21-27-26(2)38-28-15-8-9-16-29(28)39-27/h8-13,15-24H,3-7,14,25H2,1-2H3/b22-21+,24-23+. The normalized spacial score (nSPS) is 11.9. The maximum absolute atomic E-state index is 6.20. The van der Waals surface area contributed by atoms with E-state index in [2.05, 4.69) is 6.92 Å². The van der Waals surface area contributed by atoms with Crippen LogP contribution in [0.25, 0.3) is 57.4 Å². The van der Waals surface area contributed by atoms with Crippen LogP contribution >= 0.6 is 0 Å². The minimum atomic E-state index is 0.529. The van der Waals surface area contributed by atoms with Gasteiger partial charge in [-0.3, -0.25) is 0 Å². The third-order valence-corrected chi connectivity index (χ3v) is 7.51. The molecule has 0 atom stereocenters. The van der Waals surface area contributed by atoms with Gasteiger partial charge in [0.2, 0.25) is 5.88 Å². The molecule has 0 saturated heterocycles. The van der Waals surface area contributed by atoms with Gasteiger partial charge in [-0.15, -0.1) is 0 Å². The number of hydrogen-bond acceptors (Lipinski definition) is 7. The van der Waals surface area contributed by atoms with Crippen LogP contribution in [0, 0.1) is 6.92 Å². The monoisotopic (exact) mass is 580 g/mol. The average molecular weight is 581 g/mol. The lowest BCUT2D eigenvalue weighted by molar-refractivity contribution is 0.292. The Balaban J connectivity index is 1.32. The van der Waals surface area contributed by atoms with E-state index in [0.29, 0.717) is 23.9 Å². The Hall–Kier alpha value is -5.04. The van der Waals surface area contributed by atoms with Crippen LogP contribution in [0.4, 0.5) is 0 Å². The van der Waals surface area contributed by atoms with Crippen LogP contribution in [-0.4, -0.2) is 36.5 Å². The zero-order chi connectivity index (χ0) is 30.1. The highest BCUT2D eigenvalue weighted by molar-refractivity contribution is 5.84. The minimum absolute atomic E-state index is 0.529. The Bertz CT molecular complexity index is 1970. The Morgan fingerprint density at radius 2 is 0.886 bits per heavy atom. The molecular formula is C37H36N6O. The van der Waals surface area contributed by atoms with Crippen molar-refractivity contribution >= 4 is 57.4 Å². The topological polar surface area (TPSA) is 86.6 Å². The Morgan fingerprint density at radius 1 is 0.477 bits per heavy atom. The molecule has 0 aliphatic heterocycles. The molecule has 0 N–H and O–H groups in total. The van der Waals surface area contributed by atoms with E-state index < -0.39 is 0 Å². The minimum Gasteiger partial charge on any atom is -0.476 e. The number of hydrogen-bond donors (Lipinski definition) is 0. The molecule has 6 rings (SSSR count). The summed E-state index contributed by atoms with van der Waals surface area (Å²) in [5, 5.41) is 0. The molecule has 7 heteroatoms. The van der Waals surface area contributed by atoms with E-state index in [1.807, 2.05) is 104 Å². The fourth-order valence-electron chi connectivity index (χ4n) is 5.11. The fourth-order valence-corrected chi connectivity index (χ4v) is 5.11. The molecule has 0 aliphatic rings. The van der Waals surface area contributed by atoms with Crippen molar-refractivity contribution < 1.29 is 4.74 Å². The van der Waals surface area contributed by atoms with Gasteiger partial charge in [0, 0.05) is 0 Å². The van der Waals surface area contributed by atoms with Crippen LogP contribution in [0.2, 0.25) is 0 Å². The van der Waals surface area contributed by atoms with Crippen molar-refractivity contribution in [1.82, 2.24) is 29.9 Å². The summed E-state index contributed by atoms with van der Waals surface area (Å²) in [7, 11) is 0. The third kappa shape index (κ3) is 6.94. The fraction of sp³-hybridized carbons (Fsp3) is 0.243. The van der Waals surface area contributed by atoms with Gasteiger partial charge in [0.25, 0.3) is 0 Å². The third-order valence-electron chi connectivity index (χ3n) is 7.51. The molecule has 0 amide bonds. The highest BCUT2D eigenvalue weighted by atomic mass is 16.5. The lowest BCUT2D eigenvalue weighted by atomic mass is 10.1. The van der Waals surface area contributed by atoms with Crippen LogP contribution in [0.1, 0.15) is 73.9 Å². The highest BCUT2D eigenvalue weighted by Crippen LogP contribution is 2.24. The van der Waals surface area contributed by atoms with Crippen molar-refractivity contribution in [2.75, 3.05) is 6.61 Å². The van der Waals surface area contributed by atoms with E-state index in [1.54, 1.807) is 0 Å². The second kappa shape index (κ2) is 14.0. The molecule has 0 aliphatic carbocycles. The Morgan fingerprint density at radius 3 is 1.45 bits per heavy atom. The Labute approximate surface area is 257 Å². The zero-order valence-corrected chi connectivity index (χ0v) is 25.3. The summed E-state index contributed by atoms with van der Waals surface area (Å²) in [6, 6.07) is 23.6. The maximum atomic E-state index is 6.20. The molecule has 0 radical (unpaired) electrons. The molecule has 0 fully saturated rings. The zero-order valence-electron chi connectivity index (χ0n) is 25.3. The number of fused-ring (bicyclic) bond motifs is 3. The summed E-state index contributed by atoms with van der Waals surface area (Å²) in [5.41, 5.74) is 8.72. The van der Waals surface area contributed by atoms with Crippen LogP contribution in [0.15, 0.2) is 72.8 Å². The van der Waals surface area contributed by atoms with E-state index in [4.69, 9.17) is 34.6 Å². The van der Waals surface area contributed by atoms with Gasteiger partial charge in [0.05, 0.1) is 62.5 Å². The molecular weight excluding hydrogens is 544 g/mol. The molecule has 0 bridgehead atoms. The van der Waals surface area contributed by atoms with Crippen LogP contribution in [-0.2, 0) is 0 Å². The predicted octanol–water partition coefficient (Wildman–Crippen LogP) is 8.90. The second-order valence-corrected chi connectivity index (χ2v) is 10.9. The first-order valence-corrected chi connectivity index (χ1v) is 15.4. The summed E-state index contributed by atoms with van der Waals surface area (Å²) in [6.45, 7) is 4.81. The number of ether oxygens (including phenoxy) is 1. The van der Waals surface area contributed by atoms with Gasteiger partial charge in [0.15, 0.2) is 0 Å². The van der Waals surface area contributed by atoms with Crippen molar-refractivity contribution in [2.24, 2.45) is 0 Å². The molecule has 0 saturated carbocycles. The SMILES string of the molecule is CCCCCCCCOc1nc2ccccc2nc1/C=C/c1nc2ccccc2nc1/C=C/c1nc2ccccc2nc1C. The molecule has 44 heavy (non-hydrogen) atoms. The number of rotatable bonds is 12. The molecule has 3 heterocycles. The van der Waals surface area contributed by atoms with Crippen molar-refractivity contribution in [3.05, 3.63) is 101 Å². The summed E-state index contributed by atoms with van der Waals surface area (Å²) < 4.78 is 6.20. The van der Waals surface area contributed by atoms with Crippen LogP contribution in [0.5, 0.6) is 5.88 Å². The van der Waals surface area contributed by atoms with Gasteiger partial charge < -0.3 is 4.74 Å². The molecule has 220 valence electrons. The maximum Gasteiger partial charge on any atom is 0.240 e. The summed E-state index contributed by atoms with van der Waals surface area (Å²) in [4.78, 5) is 29.2. The van der Waals surface area contributed by atoms with E-state index >= 15 is 0 Å². The number of para-hydroxylation sites is 6. The van der Waals surface area contributed by atoms with E-state index in [9.17, 15) is 0 Å². The smallest absolute Gasteiger partial charge is 0.240 e. The summed E-state index contributed by atoms with van der Waals surface area (Å²) in [6.07, 6.45) is 14.9. The number of benzene rings is 3. The van der Waals surface area contributed by atoms with Crippen molar-refractivity contribution in [3.63, 3.8) is 0 Å². The first-order valence-electron chi connectivity index (χ1n) is 15.4. The van der Waals surface area contributed by atoms with E-state index in [0.717, 1.165) is 63.0 Å². The molecule has 3 aromatic carbocycles. The van der Waals surface area contributed by atoms with Crippen LogP contribution in [0.3, 0.4) is 0 Å². The lowest BCUT2D eigenvalue weighted by Gasteiger charge is -2.10. The van der Waals surface area contributed by atoms with Gasteiger partial charge in [-0.05, 0) is 74.0 Å². The van der Waals surface area contributed by atoms with Crippen molar-refractivity contribution in [3.8, 4) is 5.88 Å². The first kappa shape index (κ1) is 29.1. The summed E-state index contributed by atoms with van der Waals surface area (Å²) in [5.74, 6) is 0.529.